The van der Waals surface area contributed by atoms with Crippen molar-refractivity contribution in [3.8, 4) is 0 Å². The zero-order valence-electron chi connectivity index (χ0n) is 10.2. The summed E-state index contributed by atoms with van der Waals surface area (Å²) in [4.78, 5) is 11.4. The van der Waals surface area contributed by atoms with Gasteiger partial charge in [0, 0.05) is 6.54 Å². The van der Waals surface area contributed by atoms with Crippen LogP contribution in [0.2, 0.25) is 0 Å². The van der Waals surface area contributed by atoms with E-state index in [0.717, 1.165) is 24.8 Å². The molecule has 0 aliphatic rings. The van der Waals surface area contributed by atoms with Crippen molar-refractivity contribution >= 4 is 17.0 Å². The minimum atomic E-state index is -1.01. The Morgan fingerprint density at radius 3 is 2.89 bits per heavy atom. The number of carboxylic acid groups (broad SMARTS) is 1. The molecule has 0 saturated heterocycles. The van der Waals surface area contributed by atoms with Crippen LogP contribution in [0.1, 0.15) is 41.3 Å². The fourth-order valence-corrected chi connectivity index (χ4v) is 2.13. The number of hydrogen-bond donors (Lipinski definition) is 3. The lowest BCUT2D eigenvalue weighted by molar-refractivity contribution is 0.0697. The number of aromatic carboxylic acids is 1. The number of aryl methyl sites for hydroxylation is 1. The van der Waals surface area contributed by atoms with Gasteiger partial charge < -0.3 is 10.8 Å². The molecule has 96 valence electrons. The lowest BCUT2D eigenvalue weighted by Crippen LogP contribution is -2.11. The predicted molar refractivity (Wildman–Crippen MR) is 67.4 cm³/mol. The third-order valence-corrected chi connectivity index (χ3v) is 3.03. The topological polar surface area (TPSA) is 105 Å². The third kappa shape index (κ3) is 2.06. The maximum Gasteiger partial charge on any atom is 0.338 e. The molecule has 0 saturated carbocycles. The van der Waals surface area contributed by atoms with Gasteiger partial charge in [-0.15, -0.1) is 0 Å². The van der Waals surface area contributed by atoms with Crippen molar-refractivity contribution in [2.75, 3.05) is 0 Å². The molecule has 2 aromatic rings. The third-order valence-electron chi connectivity index (χ3n) is 3.03. The molecule has 0 atom stereocenters. The van der Waals surface area contributed by atoms with E-state index in [4.69, 9.17) is 5.73 Å². The molecule has 0 aliphatic carbocycles. The van der Waals surface area contributed by atoms with E-state index >= 15 is 0 Å². The second kappa shape index (κ2) is 5.14. The van der Waals surface area contributed by atoms with Gasteiger partial charge in [-0.1, -0.05) is 13.3 Å². The summed E-state index contributed by atoms with van der Waals surface area (Å²) >= 11 is 0. The molecular formula is C12H16N4O2. The largest absolute Gasteiger partial charge is 0.478 e. The minimum absolute atomic E-state index is 0.176. The summed E-state index contributed by atoms with van der Waals surface area (Å²) in [6.45, 7) is 2.29. The molecule has 0 aliphatic heterocycles. The zero-order valence-corrected chi connectivity index (χ0v) is 10.2. The number of H-pyrrole nitrogens is 1. The van der Waals surface area contributed by atoms with Gasteiger partial charge in [-0.2, -0.15) is 15.4 Å². The molecule has 1 aromatic carbocycles. The fourth-order valence-electron chi connectivity index (χ4n) is 2.13. The van der Waals surface area contributed by atoms with Gasteiger partial charge in [-0.25, -0.2) is 4.79 Å². The Morgan fingerprint density at radius 1 is 1.50 bits per heavy atom. The first kappa shape index (κ1) is 12.5. The summed E-state index contributed by atoms with van der Waals surface area (Å²) in [5.41, 5.74) is 8.45. The molecular weight excluding hydrogens is 232 g/mol. The van der Waals surface area contributed by atoms with E-state index in [9.17, 15) is 9.90 Å². The molecule has 18 heavy (non-hydrogen) atoms. The highest BCUT2D eigenvalue weighted by molar-refractivity contribution is 6.02. The zero-order chi connectivity index (χ0) is 13.1. The Bertz CT molecular complexity index is 577. The molecule has 4 N–H and O–H groups in total. The summed E-state index contributed by atoms with van der Waals surface area (Å²) in [6.07, 6.45) is 2.85. The Labute approximate surface area is 104 Å². The highest BCUT2D eigenvalue weighted by Gasteiger charge is 2.20. The van der Waals surface area contributed by atoms with Crippen LogP contribution >= 0.6 is 0 Å². The maximum atomic E-state index is 11.4. The Morgan fingerprint density at radius 2 is 2.28 bits per heavy atom. The van der Waals surface area contributed by atoms with Gasteiger partial charge in [0.15, 0.2) is 0 Å². The molecule has 0 fully saturated rings. The number of aromatic amines is 1. The number of nitrogens with one attached hydrogen (secondary N) is 1. The number of aromatic nitrogens is 3. The Balaban J connectivity index is 2.66. The number of hydrogen-bond acceptors (Lipinski definition) is 4. The number of benzene rings is 1. The van der Waals surface area contributed by atoms with Crippen molar-refractivity contribution in [3.63, 3.8) is 0 Å². The summed E-state index contributed by atoms with van der Waals surface area (Å²) in [7, 11) is 0. The lowest BCUT2D eigenvalue weighted by Gasteiger charge is -2.11. The normalized spacial score (nSPS) is 11.0. The number of carboxylic acids is 1. The van der Waals surface area contributed by atoms with Crippen molar-refractivity contribution in [2.45, 2.75) is 32.7 Å². The summed E-state index contributed by atoms with van der Waals surface area (Å²) in [6, 6.07) is 1.88. The number of rotatable bonds is 5. The highest BCUT2D eigenvalue weighted by Crippen LogP contribution is 2.24. The monoisotopic (exact) mass is 248 g/mol. The number of fused-ring (bicyclic) bond motifs is 1. The first-order valence-electron chi connectivity index (χ1n) is 5.97. The molecule has 1 heterocycles. The quantitative estimate of drug-likeness (QED) is 0.742. The van der Waals surface area contributed by atoms with Crippen LogP contribution in [0.3, 0.4) is 0 Å². The van der Waals surface area contributed by atoms with Crippen molar-refractivity contribution in [1.29, 1.82) is 0 Å². The van der Waals surface area contributed by atoms with Crippen LogP contribution in [0.5, 0.6) is 0 Å². The van der Waals surface area contributed by atoms with E-state index in [2.05, 4.69) is 22.3 Å². The van der Waals surface area contributed by atoms with Crippen molar-refractivity contribution in [3.05, 3.63) is 22.8 Å². The van der Waals surface area contributed by atoms with E-state index in [1.54, 1.807) is 0 Å². The number of unbranched alkanes of at least 4 members (excludes halogenated alkanes) is 1. The van der Waals surface area contributed by atoms with Crippen LogP contribution in [0, 0.1) is 0 Å². The highest BCUT2D eigenvalue weighted by atomic mass is 16.4. The molecule has 0 amide bonds. The SMILES string of the molecule is CCCCc1cc2n[nH]nc2c(C(=O)O)c1CN. The molecule has 0 radical (unpaired) electrons. The number of nitrogens with two attached hydrogens (primary N) is 1. The van der Waals surface area contributed by atoms with Crippen LogP contribution < -0.4 is 5.73 Å². The molecule has 6 heteroatoms. The van der Waals surface area contributed by atoms with Crippen LogP contribution in [0.4, 0.5) is 0 Å². The minimum Gasteiger partial charge on any atom is -0.478 e. The van der Waals surface area contributed by atoms with E-state index in [1.165, 1.54) is 0 Å². The number of carbonyl (C=O) groups is 1. The molecule has 0 spiro atoms. The van der Waals surface area contributed by atoms with E-state index in [-0.39, 0.29) is 12.1 Å². The molecule has 2 rings (SSSR count). The standard InChI is InChI=1S/C12H16N4O2/c1-2-3-4-7-5-9-11(15-16-14-9)10(12(17)18)8(7)6-13/h5H,2-4,6,13H2,1H3,(H,17,18)(H,14,15,16). The predicted octanol–water partition coefficient (Wildman–Crippen LogP) is 1.46. The van der Waals surface area contributed by atoms with Crippen LogP contribution in [-0.4, -0.2) is 26.5 Å². The van der Waals surface area contributed by atoms with E-state index < -0.39 is 5.97 Å². The summed E-state index contributed by atoms with van der Waals surface area (Å²) in [5, 5.41) is 19.7. The summed E-state index contributed by atoms with van der Waals surface area (Å²) in [5.74, 6) is -1.01. The second-order valence-corrected chi connectivity index (χ2v) is 4.19. The van der Waals surface area contributed by atoms with E-state index in [1.807, 2.05) is 6.07 Å². The van der Waals surface area contributed by atoms with Crippen LogP contribution in [0.15, 0.2) is 6.07 Å². The fraction of sp³-hybridized carbons (Fsp3) is 0.417. The average Bonchev–Trinajstić information content (AvgIpc) is 2.81. The van der Waals surface area contributed by atoms with Gasteiger partial charge in [0.1, 0.15) is 11.0 Å². The van der Waals surface area contributed by atoms with Crippen LogP contribution in [0.25, 0.3) is 11.0 Å². The molecule has 0 bridgehead atoms. The lowest BCUT2D eigenvalue weighted by atomic mass is 9.95. The molecule has 1 aromatic heterocycles. The first-order chi connectivity index (χ1) is 8.69. The van der Waals surface area contributed by atoms with Gasteiger partial charge in [0.05, 0.1) is 5.56 Å². The maximum absolute atomic E-state index is 11.4. The summed E-state index contributed by atoms with van der Waals surface area (Å²) < 4.78 is 0. The van der Waals surface area contributed by atoms with Gasteiger partial charge in [0.25, 0.3) is 0 Å². The molecule has 0 unspecified atom stereocenters. The van der Waals surface area contributed by atoms with Crippen molar-refractivity contribution < 1.29 is 9.90 Å². The average molecular weight is 248 g/mol. The smallest absolute Gasteiger partial charge is 0.338 e. The van der Waals surface area contributed by atoms with Gasteiger partial charge in [-0.3, -0.25) is 0 Å². The van der Waals surface area contributed by atoms with Gasteiger partial charge in [0.2, 0.25) is 0 Å². The van der Waals surface area contributed by atoms with Crippen molar-refractivity contribution in [2.24, 2.45) is 5.73 Å². The van der Waals surface area contributed by atoms with Crippen LogP contribution in [-0.2, 0) is 13.0 Å². The van der Waals surface area contributed by atoms with Gasteiger partial charge >= 0.3 is 5.97 Å². The van der Waals surface area contributed by atoms with Crippen molar-refractivity contribution in [1.82, 2.24) is 15.4 Å². The molecule has 6 nitrogen and oxygen atoms in total. The first-order valence-corrected chi connectivity index (χ1v) is 5.97. The Hall–Kier alpha value is -1.95. The number of nitrogens with zero attached hydrogens (tertiary/aromatic N) is 2. The van der Waals surface area contributed by atoms with Gasteiger partial charge in [-0.05, 0) is 30.0 Å². The van der Waals surface area contributed by atoms with E-state index in [0.29, 0.717) is 16.6 Å². The Kier molecular flexibility index (Phi) is 3.57. The second-order valence-electron chi connectivity index (χ2n) is 4.19.